The molecule has 3 amide bonds. The summed E-state index contributed by atoms with van der Waals surface area (Å²) in [5, 5.41) is 7.06. The fraction of sp³-hybridized carbons (Fsp3) is 0.136. The van der Waals surface area contributed by atoms with Gasteiger partial charge in [0.05, 0.1) is 16.8 Å². The second-order valence-corrected chi connectivity index (χ2v) is 8.32. The summed E-state index contributed by atoms with van der Waals surface area (Å²) >= 11 is 3.32. The lowest BCUT2D eigenvalue weighted by Gasteiger charge is -2.14. The molecule has 5 nitrogen and oxygen atoms in total. The van der Waals surface area contributed by atoms with Crippen molar-refractivity contribution in [3.05, 3.63) is 82.0 Å². The number of benzene rings is 2. The highest BCUT2D eigenvalue weighted by atomic mass is 32.2. The van der Waals surface area contributed by atoms with E-state index in [-0.39, 0.29) is 30.7 Å². The smallest absolute Gasteiger partial charge is 0.261 e. The standard InChI is InChI=1S/C22H18N2O3S2/c25-20(9-11-24-21(26)16-5-1-2-6-17(16)22(24)27)23-18-7-3-4-8-19(18)29-14-15-10-12-28-13-15/h1-8,10,12-13H,9,11,14H2,(H,23,25). The number of thioether (sulfide) groups is 1. The van der Waals surface area contributed by atoms with Crippen LogP contribution in [0.4, 0.5) is 5.69 Å². The summed E-state index contributed by atoms with van der Waals surface area (Å²) in [7, 11) is 0. The zero-order valence-electron chi connectivity index (χ0n) is 15.5. The third-order valence-corrected chi connectivity index (χ3v) is 6.45. The van der Waals surface area contributed by atoms with Crippen LogP contribution in [-0.4, -0.2) is 29.2 Å². The van der Waals surface area contributed by atoms with Gasteiger partial charge in [-0.3, -0.25) is 19.3 Å². The molecule has 4 rings (SSSR count). The van der Waals surface area contributed by atoms with Crippen LogP contribution >= 0.6 is 23.1 Å². The number of imide groups is 1. The second kappa shape index (κ2) is 8.63. The summed E-state index contributed by atoms with van der Waals surface area (Å²) in [6, 6.07) is 16.4. The average Bonchev–Trinajstić information content (AvgIpc) is 3.34. The molecular weight excluding hydrogens is 404 g/mol. The summed E-state index contributed by atoms with van der Waals surface area (Å²) in [5.74, 6) is -0.0915. The summed E-state index contributed by atoms with van der Waals surface area (Å²) in [6.07, 6.45) is 0.0506. The van der Waals surface area contributed by atoms with Crippen molar-refractivity contribution in [3.63, 3.8) is 0 Å². The van der Waals surface area contributed by atoms with E-state index in [0.29, 0.717) is 11.1 Å². The summed E-state index contributed by atoms with van der Waals surface area (Å²) < 4.78 is 0. The largest absolute Gasteiger partial charge is 0.325 e. The maximum absolute atomic E-state index is 12.5. The molecule has 0 aliphatic carbocycles. The van der Waals surface area contributed by atoms with Crippen molar-refractivity contribution in [1.82, 2.24) is 4.90 Å². The Kier molecular flexibility index (Phi) is 5.78. The van der Waals surface area contributed by atoms with Crippen LogP contribution in [0.2, 0.25) is 0 Å². The van der Waals surface area contributed by atoms with Gasteiger partial charge in [0.25, 0.3) is 11.8 Å². The van der Waals surface area contributed by atoms with Gasteiger partial charge in [-0.15, -0.1) is 11.8 Å². The lowest BCUT2D eigenvalue weighted by Crippen LogP contribution is -2.32. The first kappa shape index (κ1) is 19.4. The number of hydrogen-bond donors (Lipinski definition) is 1. The topological polar surface area (TPSA) is 66.5 Å². The maximum Gasteiger partial charge on any atom is 0.261 e. The molecule has 0 unspecified atom stereocenters. The second-order valence-electron chi connectivity index (χ2n) is 6.52. The van der Waals surface area contributed by atoms with E-state index in [1.165, 1.54) is 5.56 Å². The molecule has 1 N–H and O–H groups in total. The number of carbonyl (C=O) groups excluding carboxylic acids is 3. The quantitative estimate of drug-likeness (QED) is 0.444. The molecule has 0 bridgehead atoms. The molecule has 0 radical (unpaired) electrons. The van der Waals surface area contributed by atoms with Crippen LogP contribution in [0.5, 0.6) is 0 Å². The molecule has 2 aromatic carbocycles. The minimum atomic E-state index is -0.342. The van der Waals surface area contributed by atoms with Gasteiger partial charge < -0.3 is 5.32 Å². The van der Waals surface area contributed by atoms with E-state index >= 15 is 0 Å². The molecule has 0 saturated heterocycles. The summed E-state index contributed by atoms with van der Waals surface area (Å²) in [5.41, 5.74) is 2.77. The molecule has 7 heteroatoms. The number of hydrogen-bond acceptors (Lipinski definition) is 5. The highest BCUT2D eigenvalue weighted by molar-refractivity contribution is 7.98. The van der Waals surface area contributed by atoms with Gasteiger partial charge in [-0.2, -0.15) is 11.3 Å². The average molecular weight is 423 g/mol. The Balaban J connectivity index is 1.36. The molecule has 2 heterocycles. The van der Waals surface area contributed by atoms with Crippen LogP contribution in [0, 0.1) is 0 Å². The van der Waals surface area contributed by atoms with Crippen molar-refractivity contribution in [1.29, 1.82) is 0 Å². The third-order valence-electron chi connectivity index (χ3n) is 4.58. The van der Waals surface area contributed by atoms with Gasteiger partial charge in [0.1, 0.15) is 0 Å². The van der Waals surface area contributed by atoms with E-state index in [1.54, 1.807) is 47.4 Å². The molecular formula is C22H18N2O3S2. The Morgan fingerprint density at radius 2 is 1.66 bits per heavy atom. The van der Waals surface area contributed by atoms with Gasteiger partial charge in [0.2, 0.25) is 5.91 Å². The van der Waals surface area contributed by atoms with E-state index in [0.717, 1.165) is 21.2 Å². The Hall–Kier alpha value is -2.90. The Labute approximate surface area is 176 Å². The molecule has 0 spiro atoms. The first-order chi connectivity index (χ1) is 14.1. The van der Waals surface area contributed by atoms with Crippen molar-refractivity contribution in [2.75, 3.05) is 11.9 Å². The zero-order chi connectivity index (χ0) is 20.2. The van der Waals surface area contributed by atoms with Crippen molar-refractivity contribution in [2.24, 2.45) is 0 Å². The van der Waals surface area contributed by atoms with E-state index in [4.69, 9.17) is 0 Å². The van der Waals surface area contributed by atoms with Gasteiger partial charge in [-0.25, -0.2) is 0 Å². The predicted octanol–water partition coefficient (Wildman–Crippen LogP) is 4.67. The number of thiophene rings is 1. The Morgan fingerprint density at radius 3 is 2.34 bits per heavy atom. The lowest BCUT2D eigenvalue weighted by molar-refractivity contribution is -0.116. The number of nitrogens with one attached hydrogen (secondary N) is 1. The Morgan fingerprint density at radius 1 is 0.966 bits per heavy atom. The number of rotatable bonds is 7. The fourth-order valence-electron chi connectivity index (χ4n) is 3.10. The minimum Gasteiger partial charge on any atom is -0.325 e. The maximum atomic E-state index is 12.5. The van der Waals surface area contributed by atoms with Gasteiger partial charge in [0.15, 0.2) is 0 Å². The van der Waals surface area contributed by atoms with Gasteiger partial charge in [0, 0.05) is 23.6 Å². The number of nitrogens with zero attached hydrogens (tertiary/aromatic N) is 1. The van der Waals surface area contributed by atoms with E-state index < -0.39 is 0 Å². The van der Waals surface area contributed by atoms with Crippen LogP contribution in [0.25, 0.3) is 0 Å². The van der Waals surface area contributed by atoms with E-state index in [9.17, 15) is 14.4 Å². The number of para-hydroxylation sites is 1. The van der Waals surface area contributed by atoms with Crippen molar-refractivity contribution >= 4 is 46.5 Å². The van der Waals surface area contributed by atoms with Gasteiger partial charge >= 0.3 is 0 Å². The van der Waals surface area contributed by atoms with Crippen molar-refractivity contribution in [2.45, 2.75) is 17.1 Å². The SMILES string of the molecule is O=C(CCN1C(=O)c2ccccc2C1=O)Nc1ccccc1SCc1ccsc1. The normalized spacial score (nSPS) is 12.9. The molecule has 29 heavy (non-hydrogen) atoms. The third kappa shape index (κ3) is 4.26. The molecule has 1 aromatic heterocycles. The van der Waals surface area contributed by atoms with Crippen LogP contribution in [-0.2, 0) is 10.5 Å². The summed E-state index contributed by atoms with van der Waals surface area (Å²) in [6.45, 7) is 0.0579. The molecule has 3 aromatic rings. The molecule has 146 valence electrons. The fourth-order valence-corrected chi connectivity index (χ4v) is 4.83. The number of fused-ring (bicyclic) bond motifs is 1. The van der Waals surface area contributed by atoms with E-state index in [1.807, 2.05) is 29.6 Å². The van der Waals surface area contributed by atoms with E-state index in [2.05, 4.69) is 16.8 Å². The zero-order valence-corrected chi connectivity index (χ0v) is 17.1. The molecule has 1 aliphatic rings. The lowest BCUT2D eigenvalue weighted by atomic mass is 10.1. The number of amides is 3. The first-order valence-electron chi connectivity index (χ1n) is 9.11. The van der Waals surface area contributed by atoms with Gasteiger partial charge in [-0.05, 0) is 46.7 Å². The van der Waals surface area contributed by atoms with Gasteiger partial charge in [-0.1, -0.05) is 24.3 Å². The van der Waals surface area contributed by atoms with Crippen LogP contribution < -0.4 is 5.32 Å². The van der Waals surface area contributed by atoms with Crippen LogP contribution in [0.3, 0.4) is 0 Å². The number of anilines is 1. The molecule has 1 aliphatic heterocycles. The monoisotopic (exact) mass is 422 g/mol. The van der Waals surface area contributed by atoms with Crippen LogP contribution in [0.15, 0.2) is 70.3 Å². The highest BCUT2D eigenvalue weighted by Gasteiger charge is 2.34. The number of carbonyl (C=O) groups is 3. The summed E-state index contributed by atoms with van der Waals surface area (Å²) in [4.78, 5) is 39.4. The molecule has 0 atom stereocenters. The Bertz CT molecular complexity index is 1030. The molecule has 0 fully saturated rings. The predicted molar refractivity (Wildman–Crippen MR) is 115 cm³/mol. The van der Waals surface area contributed by atoms with Crippen molar-refractivity contribution in [3.8, 4) is 0 Å². The van der Waals surface area contributed by atoms with Crippen LogP contribution in [0.1, 0.15) is 32.7 Å². The highest BCUT2D eigenvalue weighted by Crippen LogP contribution is 2.30. The molecule has 0 saturated carbocycles. The first-order valence-corrected chi connectivity index (χ1v) is 11.0. The van der Waals surface area contributed by atoms with Crippen molar-refractivity contribution < 1.29 is 14.4 Å². The minimum absolute atomic E-state index is 0.0506.